The highest BCUT2D eigenvalue weighted by atomic mass is 16.3. The van der Waals surface area contributed by atoms with Crippen LogP contribution in [0.25, 0.3) is 11.1 Å². The van der Waals surface area contributed by atoms with Gasteiger partial charge in [-0.2, -0.15) is 0 Å². The Balaban J connectivity index is 1.93. The van der Waals surface area contributed by atoms with Gasteiger partial charge in [-0.05, 0) is 40.5 Å². The van der Waals surface area contributed by atoms with E-state index < -0.39 is 5.54 Å². The fourth-order valence-corrected chi connectivity index (χ4v) is 3.61. The van der Waals surface area contributed by atoms with E-state index in [0.717, 1.165) is 28.0 Å². The van der Waals surface area contributed by atoms with E-state index in [1.54, 1.807) is 12.1 Å². The minimum atomic E-state index is -0.771. The Morgan fingerprint density at radius 1 is 0.889 bits per heavy atom. The molecule has 3 N–H and O–H groups in total. The largest absolute Gasteiger partial charge is 0.508 e. The van der Waals surface area contributed by atoms with Gasteiger partial charge in [0, 0.05) is 7.05 Å². The number of hydrogen-bond acceptors (Lipinski definition) is 4. The number of benzene rings is 3. The molecule has 4 nitrogen and oxygen atoms in total. The van der Waals surface area contributed by atoms with Crippen molar-refractivity contribution in [2.45, 2.75) is 5.54 Å². The molecule has 134 valence electrons. The van der Waals surface area contributed by atoms with Crippen molar-refractivity contribution in [3.05, 3.63) is 102 Å². The lowest BCUT2D eigenvalue weighted by molar-refractivity contribution is 0.475. The maximum absolute atomic E-state index is 9.84. The van der Waals surface area contributed by atoms with E-state index >= 15 is 0 Å². The van der Waals surface area contributed by atoms with Gasteiger partial charge in [0.15, 0.2) is 11.5 Å². The zero-order valence-corrected chi connectivity index (χ0v) is 15.1. The van der Waals surface area contributed by atoms with Crippen LogP contribution in [0.2, 0.25) is 0 Å². The molecule has 0 aromatic heterocycles. The van der Waals surface area contributed by atoms with Crippen LogP contribution >= 0.6 is 0 Å². The number of aromatic hydroxyl groups is 1. The number of phenolic OH excluding ortho intramolecular Hbond substituents is 1. The van der Waals surface area contributed by atoms with Crippen molar-refractivity contribution >= 4 is 5.96 Å². The lowest BCUT2D eigenvalue weighted by Gasteiger charge is -2.30. The number of likely N-dealkylation sites (N-methyl/N-ethyl adjacent to an activating group) is 1. The van der Waals surface area contributed by atoms with E-state index in [4.69, 9.17) is 10.7 Å². The first-order valence-corrected chi connectivity index (χ1v) is 8.76. The maximum Gasteiger partial charge on any atom is 0.197 e. The van der Waals surface area contributed by atoms with Gasteiger partial charge in [0.2, 0.25) is 0 Å². The van der Waals surface area contributed by atoms with Crippen LogP contribution in [-0.2, 0) is 5.54 Å². The molecule has 3 aromatic carbocycles. The van der Waals surface area contributed by atoms with E-state index in [9.17, 15) is 5.11 Å². The Hall–Kier alpha value is -3.53. The number of guanidine groups is 1. The third kappa shape index (κ3) is 2.66. The molecule has 1 aliphatic heterocycles. The third-order valence-electron chi connectivity index (χ3n) is 5.10. The molecule has 0 bridgehead atoms. The van der Waals surface area contributed by atoms with E-state index in [-0.39, 0.29) is 5.75 Å². The highest BCUT2D eigenvalue weighted by Gasteiger charge is 2.44. The summed E-state index contributed by atoms with van der Waals surface area (Å²) in [5.41, 5.74) is 10.1. The minimum Gasteiger partial charge on any atom is -0.508 e. The number of rotatable bonds is 3. The lowest BCUT2D eigenvalue weighted by atomic mass is 9.80. The van der Waals surface area contributed by atoms with E-state index in [1.165, 1.54) is 0 Å². The van der Waals surface area contributed by atoms with Crippen molar-refractivity contribution in [3.8, 4) is 16.9 Å². The molecule has 1 unspecified atom stereocenters. The molecule has 0 radical (unpaired) electrons. The number of aliphatic imine (C=N–C) groups is 1. The number of phenols is 1. The van der Waals surface area contributed by atoms with Crippen molar-refractivity contribution in [1.82, 2.24) is 4.90 Å². The molecule has 0 fully saturated rings. The molecule has 1 heterocycles. The van der Waals surface area contributed by atoms with Crippen molar-refractivity contribution in [2.24, 2.45) is 10.7 Å². The normalized spacial score (nSPS) is 19.2. The summed E-state index contributed by atoms with van der Waals surface area (Å²) >= 11 is 0. The average molecular weight is 355 g/mol. The molecule has 1 atom stereocenters. The predicted octanol–water partition coefficient (Wildman–Crippen LogP) is 4.08. The van der Waals surface area contributed by atoms with Crippen molar-refractivity contribution in [3.63, 3.8) is 0 Å². The molecule has 27 heavy (non-hydrogen) atoms. The second-order valence-electron chi connectivity index (χ2n) is 6.68. The van der Waals surface area contributed by atoms with Gasteiger partial charge >= 0.3 is 0 Å². The van der Waals surface area contributed by atoms with Gasteiger partial charge in [-0.15, -0.1) is 0 Å². The summed E-state index contributed by atoms with van der Waals surface area (Å²) in [4.78, 5) is 6.67. The van der Waals surface area contributed by atoms with Crippen molar-refractivity contribution in [1.29, 1.82) is 0 Å². The van der Waals surface area contributed by atoms with E-state index in [1.807, 2.05) is 72.6 Å². The van der Waals surface area contributed by atoms with Gasteiger partial charge in [-0.3, -0.25) is 0 Å². The zero-order chi connectivity index (χ0) is 19.0. The fraction of sp³-hybridized carbons (Fsp3) is 0.0870. The summed E-state index contributed by atoms with van der Waals surface area (Å²) in [5, 5.41) is 9.84. The van der Waals surface area contributed by atoms with Gasteiger partial charge in [0.1, 0.15) is 5.75 Å². The molecule has 4 heteroatoms. The van der Waals surface area contributed by atoms with Crippen molar-refractivity contribution < 1.29 is 5.11 Å². The van der Waals surface area contributed by atoms with Crippen LogP contribution in [-0.4, -0.2) is 23.0 Å². The Kier molecular flexibility index (Phi) is 3.96. The van der Waals surface area contributed by atoms with Crippen molar-refractivity contribution in [2.75, 3.05) is 7.05 Å². The SMILES string of the molecule is C=C1N(C)C(N)=NC1(c1ccccc1)c1cccc(-c2cccc(O)c2)c1. The molecule has 3 aromatic rings. The summed E-state index contributed by atoms with van der Waals surface area (Å²) in [7, 11) is 1.88. The number of hydrogen-bond donors (Lipinski definition) is 2. The second kappa shape index (κ2) is 6.32. The van der Waals surface area contributed by atoms with Crippen LogP contribution in [0.4, 0.5) is 0 Å². The highest BCUT2D eigenvalue weighted by Crippen LogP contribution is 2.45. The summed E-state index contributed by atoms with van der Waals surface area (Å²) in [6.07, 6.45) is 0. The molecule has 0 saturated heterocycles. The summed E-state index contributed by atoms with van der Waals surface area (Å²) in [5.74, 6) is 0.676. The van der Waals surface area contributed by atoms with Gasteiger partial charge in [-0.1, -0.05) is 67.2 Å². The standard InChI is InChI=1S/C23H21N3O/c1-16-23(25-22(24)26(16)2,19-10-4-3-5-11-19)20-12-6-8-17(14-20)18-9-7-13-21(27)15-18/h3-15,27H,1H2,2H3,(H2,24,25). The molecule has 0 amide bonds. The lowest BCUT2D eigenvalue weighted by Crippen LogP contribution is -2.32. The zero-order valence-electron chi connectivity index (χ0n) is 15.1. The molecule has 0 spiro atoms. The van der Waals surface area contributed by atoms with Crippen LogP contribution in [0, 0.1) is 0 Å². The molecule has 0 aliphatic carbocycles. The Morgan fingerprint density at radius 2 is 1.52 bits per heavy atom. The van der Waals surface area contributed by atoms with Gasteiger partial charge < -0.3 is 15.7 Å². The quantitative estimate of drug-likeness (QED) is 0.744. The van der Waals surface area contributed by atoms with Gasteiger partial charge in [0.25, 0.3) is 0 Å². The van der Waals surface area contributed by atoms with Crippen LogP contribution in [0.5, 0.6) is 5.75 Å². The topological polar surface area (TPSA) is 61.8 Å². The number of nitrogens with two attached hydrogens (primary N) is 1. The first kappa shape index (κ1) is 16.9. The Labute approximate surface area is 158 Å². The smallest absolute Gasteiger partial charge is 0.197 e. The monoisotopic (exact) mass is 355 g/mol. The third-order valence-corrected chi connectivity index (χ3v) is 5.10. The fourth-order valence-electron chi connectivity index (χ4n) is 3.61. The minimum absolute atomic E-state index is 0.239. The predicted molar refractivity (Wildman–Crippen MR) is 109 cm³/mol. The molecule has 4 rings (SSSR count). The first-order valence-electron chi connectivity index (χ1n) is 8.76. The van der Waals surface area contributed by atoms with E-state index in [0.29, 0.717) is 5.96 Å². The summed E-state index contributed by atoms with van der Waals surface area (Å²) in [6, 6.07) is 25.4. The van der Waals surface area contributed by atoms with E-state index in [2.05, 4.69) is 12.6 Å². The van der Waals surface area contributed by atoms with Gasteiger partial charge in [0.05, 0.1) is 5.70 Å². The average Bonchev–Trinajstić information content (AvgIpc) is 2.94. The van der Waals surface area contributed by atoms with Crippen LogP contribution < -0.4 is 5.73 Å². The van der Waals surface area contributed by atoms with Crippen LogP contribution in [0.1, 0.15) is 11.1 Å². The van der Waals surface area contributed by atoms with Crippen LogP contribution in [0.3, 0.4) is 0 Å². The molecule has 1 aliphatic rings. The van der Waals surface area contributed by atoms with Crippen LogP contribution in [0.15, 0.2) is 96.1 Å². The Morgan fingerprint density at radius 3 is 2.15 bits per heavy atom. The number of nitrogens with zero attached hydrogens (tertiary/aromatic N) is 2. The summed E-state index contributed by atoms with van der Waals surface area (Å²) < 4.78 is 0. The molecular weight excluding hydrogens is 334 g/mol. The first-order chi connectivity index (χ1) is 13.0. The molecular formula is C23H21N3O. The van der Waals surface area contributed by atoms with Gasteiger partial charge in [-0.25, -0.2) is 4.99 Å². The highest BCUT2D eigenvalue weighted by molar-refractivity contribution is 5.85. The summed E-state index contributed by atoms with van der Waals surface area (Å²) in [6.45, 7) is 4.30. The molecule has 0 saturated carbocycles. The second-order valence-corrected chi connectivity index (χ2v) is 6.68. The Bertz CT molecular complexity index is 1040. The maximum atomic E-state index is 9.84.